The lowest BCUT2D eigenvalue weighted by Gasteiger charge is -2.36. The average molecular weight is 348 g/mol. The highest BCUT2D eigenvalue weighted by atomic mass is 35.5. The number of piperidine rings is 1. The number of halogens is 2. The molecule has 0 saturated carbocycles. The molecule has 22 heavy (non-hydrogen) atoms. The Bertz CT molecular complexity index is 434. The molecule has 1 aliphatic rings. The highest BCUT2D eigenvalue weighted by Crippen LogP contribution is 2.21. The van der Waals surface area contributed by atoms with Gasteiger partial charge in [0.05, 0.1) is 5.92 Å². The van der Waals surface area contributed by atoms with Crippen LogP contribution < -0.4 is 5.73 Å². The largest absolute Gasteiger partial charge is 0.342 e. The molecule has 1 fully saturated rings. The summed E-state index contributed by atoms with van der Waals surface area (Å²) in [6, 6.07) is 10.5. The third-order valence-corrected chi connectivity index (χ3v) is 4.24. The van der Waals surface area contributed by atoms with Gasteiger partial charge in [0.2, 0.25) is 5.91 Å². The van der Waals surface area contributed by atoms with Crippen molar-refractivity contribution >= 4 is 30.7 Å². The second kappa shape index (κ2) is 10.1. The quantitative estimate of drug-likeness (QED) is 0.907. The molecule has 0 aromatic heterocycles. The standard InChI is InChI=1S/C16H25N3O.2ClH/c1-18(2)14-8-10-19(11-9-14)16(20)15(12-17)13-6-4-3-5-7-13;;/h3-7,14-15H,8-12,17H2,1-2H3;2*1H. The Kier molecular flexibility index (Phi) is 9.69. The van der Waals surface area contributed by atoms with Crippen LogP contribution in [0.15, 0.2) is 30.3 Å². The number of amides is 1. The molecule has 1 unspecified atom stereocenters. The van der Waals surface area contributed by atoms with E-state index in [0.717, 1.165) is 31.5 Å². The third-order valence-electron chi connectivity index (χ3n) is 4.24. The lowest BCUT2D eigenvalue weighted by Crippen LogP contribution is -2.46. The third kappa shape index (κ3) is 5.13. The van der Waals surface area contributed by atoms with Gasteiger partial charge in [0, 0.05) is 25.7 Å². The normalized spacial score (nSPS) is 16.6. The van der Waals surface area contributed by atoms with E-state index in [4.69, 9.17) is 5.73 Å². The van der Waals surface area contributed by atoms with Gasteiger partial charge < -0.3 is 15.5 Å². The number of rotatable bonds is 4. The highest BCUT2D eigenvalue weighted by Gasteiger charge is 2.28. The lowest BCUT2D eigenvalue weighted by molar-refractivity contribution is -0.134. The van der Waals surface area contributed by atoms with E-state index >= 15 is 0 Å². The molecule has 1 saturated heterocycles. The number of carbonyl (C=O) groups excluding carboxylic acids is 1. The molecule has 2 rings (SSSR count). The Hall–Kier alpha value is -0.810. The van der Waals surface area contributed by atoms with Crippen LogP contribution in [0.2, 0.25) is 0 Å². The first-order valence-corrected chi connectivity index (χ1v) is 7.33. The molecule has 0 aliphatic carbocycles. The summed E-state index contributed by atoms with van der Waals surface area (Å²) in [7, 11) is 4.21. The monoisotopic (exact) mass is 347 g/mol. The summed E-state index contributed by atoms with van der Waals surface area (Å²) in [5, 5.41) is 0. The van der Waals surface area contributed by atoms with Crippen molar-refractivity contribution in [2.45, 2.75) is 24.8 Å². The van der Waals surface area contributed by atoms with Crippen LogP contribution in [0.4, 0.5) is 0 Å². The molecule has 1 aliphatic heterocycles. The van der Waals surface area contributed by atoms with Gasteiger partial charge in [-0.25, -0.2) is 0 Å². The van der Waals surface area contributed by atoms with Gasteiger partial charge in [-0.15, -0.1) is 24.8 Å². The minimum absolute atomic E-state index is 0. The average Bonchev–Trinajstić information content (AvgIpc) is 2.49. The predicted octanol–water partition coefficient (Wildman–Crippen LogP) is 2.13. The number of hydrogen-bond acceptors (Lipinski definition) is 3. The Labute approximate surface area is 145 Å². The fourth-order valence-electron chi connectivity index (χ4n) is 2.89. The highest BCUT2D eigenvalue weighted by molar-refractivity contribution is 5.85. The minimum atomic E-state index is -0.202. The van der Waals surface area contributed by atoms with Crippen molar-refractivity contribution in [2.75, 3.05) is 33.7 Å². The first-order chi connectivity index (χ1) is 9.63. The van der Waals surface area contributed by atoms with E-state index in [0.29, 0.717) is 12.6 Å². The van der Waals surface area contributed by atoms with Gasteiger partial charge in [-0.05, 0) is 32.5 Å². The van der Waals surface area contributed by atoms with Gasteiger partial charge in [-0.3, -0.25) is 4.79 Å². The van der Waals surface area contributed by atoms with E-state index in [2.05, 4.69) is 19.0 Å². The number of likely N-dealkylation sites (tertiary alicyclic amines) is 1. The molecule has 0 bridgehead atoms. The van der Waals surface area contributed by atoms with Gasteiger partial charge in [-0.2, -0.15) is 0 Å². The van der Waals surface area contributed by atoms with Crippen LogP contribution >= 0.6 is 24.8 Å². The molecular formula is C16H27Cl2N3O. The van der Waals surface area contributed by atoms with Gasteiger partial charge in [0.1, 0.15) is 0 Å². The van der Waals surface area contributed by atoms with Crippen molar-refractivity contribution in [3.63, 3.8) is 0 Å². The molecule has 1 aromatic carbocycles. The molecule has 6 heteroatoms. The van der Waals surface area contributed by atoms with Crippen molar-refractivity contribution in [3.8, 4) is 0 Å². The van der Waals surface area contributed by atoms with E-state index in [1.807, 2.05) is 35.2 Å². The van der Waals surface area contributed by atoms with Crippen LogP contribution in [0.3, 0.4) is 0 Å². The maximum atomic E-state index is 12.6. The van der Waals surface area contributed by atoms with Gasteiger partial charge in [0.15, 0.2) is 0 Å². The van der Waals surface area contributed by atoms with Gasteiger partial charge in [-0.1, -0.05) is 30.3 Å². The number of nitrogens with zero attached hydrogens (tertiary/aromatic N) is 2. The summed E-state index contributed by atoms with van der Waals surface area (Å²) in [6.07, 6.45) is 2.09. The molecule has 1 amide bonds. The summed E-state index contributed by atoms with van der Waals surface area (Å²) in [6.45, 7) is 2.05. The van der Waals surface area contributed by atoms with Crippen LogP contribution in [0.1, 0.15) is 24.3 Å². The van der Waals surface area contributed by atoms with E-state index < -0.39 is 0 Å². The zero-order chi connectivity index (χ0) is 14.5. The minimum Gasteiger partial charge on any atom is -0.342 e. The first-order valence-electron chi connectivity index (χ1n) is 7.33. The van der Waals surface area contributed by atoms with Crippen molar-refractivity contribution in [1.29, 1.82) is 0 Å². The summed E-state index contributed by atoms with van der Waals surface area (Å²) in [5.41, 5.74) is 6.86. The van der Waals surface area contributed by atoms with Crippen LogP contribution in [0, 0.1) is 0 Å². The van der Waals surface area contributed by atoms with Gasteiger partial charge >= 0.3 is 0 Å². The summed E-state index contributed by atoms with van der Waals surface area (Å²) >= 11 is 0. The van der Waals surface area contributed by atoms with Crippen LogP contribution in [0.25, 0.3) is 0 Å². The topological polar surface area (TPSA) is 49.6 Å². The number of hydrogen-bond donors (Lipinski definition) is 1. The van der Waals surface area contributed by atoms with Gasteiger partial charge in [0.25, 0.3) is 0 Å². The SMILES string of the molecule is CN(C)C1CCN(C(=O)C(CN)c2ccccc2)CC1.Cl.Cl. The molecule has 1 atom stereocenters. The zero-order valence-corrected chi connectivity index (χ0v) is 14.9. The van der Waals surface area contributed by atoms with E-state index in [9.17, 15) is 4.79 Å². The molecule has 1 aromatic rings. The van der Waals surface area contributed by atoms with Crippen molar-refractivity contribution in [3.05, 3.63) is 35.9 Å². The van der Waals surface area contributed by atoms with Crippen LogP contribution in [-0.4, -0.2) is 55.5 Å². The second-order valence-electron chi connectivity index (χ2n) is 5.72. The van der Waals surface area contributed by atoms with E-state index in [-0.39, 0.29) is 36.6 Å². The lowest BCUT2D eigenvalue weighted by atomic mass is 9.95. The summed E-state index contributed by atoms with van der Waals surface area (Å²) < 4.78 is 0. The number of benzene rings is 1. The molecule has 2 N–H and O–H groups in total. The molecule has 0 radical (unpaired) electrons. The second-order valence-corrected chi connectivity index (χ2v) is 5.72. The predicted molar refractivity (Wildman–Crippen MR) is 96.0 cm³/mol. The molecular weight excluding hydrogens is 321 g/mol. The number of carbonyl (C=O) groups is 1. The Morgan fingerprint density at radius 3 is 2.23 bits per heavy atom. The maximum absolute atomic E-state index is 12.6. The Morgan fingerprint density at radius 1 is 1.23 bits per heavy atom. The van der Waals surface area contributed by atoms with Crippen LogP contribution in [-0.2, 0) is 4.79 Å². The summed E-state index contributed by atoms with van der Waals surface area (Å²) in [4.78, 5) is 16.9. The van der Waals surface area contributed by atoms with Crippen molar-refractivity contribution < 1.29 is 4.79 Å². The van der Waals surface area contributed by atoms with E-state index in [1.165, 1.54) is 0 Å². The Balaban J connectivity index is 0.00000220. The van der Waals surface area contributed by atoms with Crippen LogP contribution in [0.5, 0.6) is 0 Å². The maximum Gasteiger partial charge on any atom is 0.231 e. The molecule has 126 valence electrons. The zero-order valence-electron chi connectivity index (χ0n) is 13.3. The van der Waals surface area contributed by atoms with E-state index in [1.54, 1.807) is 0 Å². The van der Waals surface area contributed by atoms with Crippen molar-refractivity contribution in [1.82, 2.24) is 9.80 Å². The number of nitrogens with two attached hydrogens (primary N) is 1. The fourth-order valence-corrected chi connectivity index (χ4v) is 2.89. The molecule has 1 heterocycles. The smallest absolute Gasteiger partial charge is 0.231 e. The molecule has 4 nitrogen and oxygen atoms in total. The molecule has 0 spiro atoms. The van der Waals surface area contributed by atoms with Crippen molar-refractivity contribution in [2.24, 2.45) is 5.73 Å². The summed E-state index contributed by atoms with van der Waals surface area (Å²) in [5.74, 6) is -0.0250. The first kappa shape index (κ1) is 21.2. The Morgan fingerprint density at radius 2 is 1.77 bits per heavy atom. The fraction of sp³-hybridized carbons (Fsp3) is 0.562.